The molecule has 14 heavy (non-hydrogen) atoms. The topological polar surface area (TPSA) is 35.0 Å². The third kappa shape index (κ3) is 2.43. The van der Waals surface area contributed by atoms with Gasteiger partial charge in [-0.15, -0.1) is 0 Å². The average molecular weight is 227 g/mol. The van der Waals surface area contributed by atoms with Crippen molar-refractivity contribution >= 4 is 23.1 Å². The fourth-order valence-corrected chi connectivity index (χ4v) is 1.63. The predicted octanol–water partition coefficient (Wildman–Crippen LogP) is 2.77. The van der Waals surface area contributed by atoms with Crippen LogP contribution in [0.5, 0.6) is 5.19 Å². The molecule has 72 valence electrons. The van der Waals surface area contributed by atoms with E-state index in [2.05, 4.69) is 9.36 Å². The molecule has 5 heteroatoms. The van der Waals surface area contributed by atoms with E-state index in [0.29, 0.717) is 11.8 Å². The van der Waals surface area contributed by atoms with Crippen LogP contribution in [-0.2, 0) is 6.61 Å². The lowest BCUT2D eigenvalue weighted by Gasteiger charge is -2.00. The Morgan fingerprint density at radius 2 is 2.07 bits per heavy atom. The zero-order valence-electron chi connectivity index (χ0n) is 7.18. The lowest BCUT2D eigenvalue weighted by molar-refractivity contribution is 0.304. The number of benzene rings is 1. The summed E-state index contributed by atoms with van der Waals surface area (Å²) < 4.78 is 9.17. The lowest BCUT2D eigenvalue weighted by Crippen LogP contribution is -1.93. The van der Waals surface area contributed by atoms with Crippen LogP contribution >= 0.6 is 23.1 Å². The molecule has 0 saturated carbocycles. The Hall–Kier alpha value is -1.13. The predicted molar refractivity (Wildman–Crippen MR) is 55.7 cm³/mol. The van der Waals surface area contributed by atoms with E-state index in [9.17, 15) is 0 Å². The van der Waals surface area contributed by atoms with E-state index in [-0.39, 0.29) is 5.28 Å². The Balaban J connectivity index is 1.95. The Bertz CT molecular complexity index is 404. The standard InChI is InChI=1S/C9H7ClN2OS/c10-8-11-9(14-12-8)13-6-7-4-2-1-3-5-7/h1-5H,6H2. The van der Waals surface area contributed by atoms with Gasteiger partial charge in [-0.3, -0.25) is 0 Å². The molecular weight excluding hydrogens is 220 g/mol. The molecule has 3 nitrogen and oxygen atoms in total. The number of nitrogens with zero attached hydrogens (tertiary/aromatic N) is 2. The number of halogens is 1. The summed E-state index contributed by atoms with van der Waals surface area (Å²) in [6.45, 7) is 0.492. The minimum Gasteiger partial charge on any atom is -0.464 e. The van der Waals surface area contributed by atoms with Crippen LogP contribution in [0.25, 0.3) is 0 Å². The Morgan fingerprint density at radius 1 is 1.29 bits per heavy atom. The maximum absolute atomic E-state index is 5.55. The summed E-state index contributed by atoms with van der Waals surface area (Å²) in [4.78, 5) is 3.88. The summed E-state index contributed by atoms with van der Waals surface area (Å²) in [5.41, 5.74) is 1.10. The smallest absolute Gasteiger partial charge is 0.294 e. The number of rotatable bonds is 3. The first-order valence-corrected chi connectivity index (χ1v) is 5.15. The highest BCUT2D eigenvalue weighted by Gasteiger charge is 2.01. The molecule has 0 aliphatic heterocycles. The zero-order valence-corrected chi connectivity index (χ0v) is 8.76. The van der Waals surface area contributed by atoms with E-state index in [1.165, 1.54) is 0 Å². The molecule has 0 N–H and O–H groups in total. The normalized spacial score (nSPS) is 10.1. The molecule has 0 amide bonds. The SMILES string of the molecule is Clc1nsc(OCc2ccccc2)n1. The van der Waals surface area contributed by atoms with Gasteiger partial charge in [0.1, 0.15) is 6.61 Å². The van der Waals surface area contributed by atoms with E-state index in [0.717, 1.165) is 17.1 Å². The van der Waals surface area contributed by atoms with Crippen LogP contribution < -0.4 is 4.74 Å². The third-order valence-corrected chi connectivity index (χ3v) is 2.49. The van der Waals surface area contributed by atoms with Gasteiger partial charge in [0.05, 0.1) is 0 Å². The van der Waals surface area contributed by atoms with Gasteiger partial charge in [-0.2, -0.15) is 9.36 Å². The Kier molecular flexibility index (Phi) is 2.96. The van der Waals surface area contributed by atoms with Crippen LogP contribution in [0, 0.1) is 0 Å². The molecule has 0 aliphatic carbocycles. The average Bonchev–Trinajstić information content (AvgIpc) is 2.63. The summed E-state index contributed by atoms with van der Waals surface area (Å²) in [6.07, 6.45) is 0. The molecule has 0 fully saturated rings. The zero-order chi connectivity index (χ0) is 9.80. The second-order valence-corrected chi connectivity index (χ2v) is 3.66. The van der Waals surface area contributed by atoms with Gasteiger partial charge in [-0.25, -0.2) is 0 Å². The van der Waals surface area contributed by atoms with Gasteiger partial charge in [-0.05, 0) is 17.2 Å². The highest BCUT2D eigenvalue weighted by molar-refractivity contribution is 7.07. The fraction of sp³-hybridized carbons (Fsp3) is 0.111. The van der Waals surface area contributed by atoms with Gasteiger partial charge in [0.2, 0.25) is 5.28 Å². The largest absolute Gasteiger partial charge is 0.464 e. The summed E-state index contributed by atoms with van der Waals surface area (Å²) in [5, 5.41) is 0.733. The molecule has 1 aromatic carbocycles. The van der Waals surface area contributed by atoms with Crippen molar-refractivity contribution in [2.45, 2.75) is 6.61 Å². The summed E-state index contributed by atoms with van der Waals surface area (Å²) in [5.74, 6) is 0. The van der Waals surface area contributed by atoms with E-state index >= 15 is 0 Å². The number of ether oxygens (including phenoxy) is 1. The van der Waals surface area contributed by atoms with Gasteiger partial charge in [0.15, 0.2) is 0 Å². The Morgan fingerprint density at radius 3 is 2.71 bits per heavy atom. The number of hydrogen-bond acceptors (Lipinski definition) is 4. The lowest BCUT2D eigenvalue weighted by atomic mass is 10.2. The van der Waals surface area contributed by atoms with Crippen LogP contribution in [-0.4, -0.2) is 9.36 Å². The molecule has 0 bridgehead atoms. The highest BCUT2D eigenvalue weighted by atomic mass is 35.5. The first kappa shape index (κ1) is 9.43. The van der Waals surface area contributed by atoms with Crippen molar-refractivity contribution in [3.63, 3.8) is 0 Å². The molecule has 0 aliphatic rings. The highest BCUT2D eigenvalue weighted by Crippen LogP contribution is 2.18. The van der Waals surface area contributed by atoms with Crippen LogP contribution in [0.3, 0.4) is 0 Å². The second kappa shape index (κ2) is 4.39. The molecule has 2 rings (SSSR count). The van der Waals surface area contributed by atoms with Gasteiger partial charge in [-0.1, -0.05) is 30.3 Å². The van der Waals surface area contributed by atoms with E-state index in [4.69, 9.17) is 16.3 Å². The van der Waals surface area contributed by atoms with Gasteiger partial charge in [0.25, 0.3) is 5.19 Å². The fourth-order valence-electron chi connectivity index (χ4n) is 0.971. The van der Waals surface area contributed by atoms with Crippen molar-refractivity contribution < 1.29 is 4.74 Å². The van der Waals surface area contributed by atoms with E-state index in [1.54, 1.807) is 0 Å². The second-order valence-electron chi connectivity index (χ2n) is 2.60. The van der Waals surface area contributed by atoms with Crippen LogP contribution in [0.1, 0.15) is 5.56 Å². The number of hydrogen-bond donors (Lipinski definition) is 0. The molecule has 0 radical (unpaired) electrons. The molecule has 1 aromatic heterocycles. The van der Waals surface area contributed by atoms with Crippen molar-refractivity contribution in [1.29, 1.82) is 0 Å². The van der Waals surface area contributed by atoms with E-state index in [1.807, 2.05) is 30.3 Å². The molecule has 0 spiro atoms. The summed E-state index contributed by atoms with van der Waals surface area (Å²) >= 11 is 6.70. The molecule has 0 atom stereocenters. The van der Waals surface area contributed by atoms with Crippen molar-refractivity contribution in [3.05, 3.63) is 41.2 Å². The van der Waals surface area contributed by atoms with Gasteiger partial charge in [0, 0.05) is 11.5 Å². The quantitative estimate of drug-likeness (QED) is 0.807. The number of aromatic nitrogens is 2. The van der Waals surface area contributed by atoms with Gasteiger partial charge < -0.3 is 4.74 Å². The molecule has 2 aromatic rings. The van der Waals surface area contributed by atoms with Crippen LogP contribution in [0.4, 0.5) is 0 Å². The minimum absolute atomic E-state index is 0.234. The summed E-state index contributed by atoms with van der Waals surface area (Å²) in [6, 6.07) is 9.87. The molecule has 0 unspecified atom stereocenters. The first-order valence-electron chi connectivity index (χ1n) is 4.00. The maximum Gasteiger partial charge on any atom is 0.294 e. The Labute approximate surface area is 90.5 Å². The molecule has 1 heterocycles. The molecular formula is C9H7ClN2OS. The molecule has 0 saturated heterocycles. The van der Waals surface area contributed by atoms with Crippen molar-refractivity contribution in [1.82, 2.24) is 9.36 Å². The van der Waals surface area contributed by atoms with Crippen LogP contribution in [0.15, 0.2) is 30.3 Å². The van der Waals surface area contributed by atoms with Crippen molar-refractivity contribution in [2.24, 2.45) is 0 Å². The van der Waals surface area contributed by atoms with E-state index < -0.39 is 0 Å². The monoisotopic (exact) mass is 226 g/mol. The minimum atomic E-state index is 0.234. The van der Waals surface area contributed by atoms with Crippen LogP contribution in [0.2, 0.25) is 5.28 Å². The first-order chi connectivity index (χ1) is 6.84. The summed E-state index contributed by atoms with van der Waals surface area (Å²) in [7, 11) is 0. The maximum atomic E-state index is 5.55. The van der Waals surface area contributed by atoms with Gasteiger partial charge >= 0.3 is 0 Å². The van der Waals surface area contributed by atoms with Crippen molar-refractivity contribution in [3.8, 4) is 5.19 Å². The van der Waals surface area contributed by atoms with Crippen molar-refractivity contribution in [2.75, 3.05) is 0 Å². The third-order valence-electron chi connectivity index (χ3n) is 1.59.